The first-order valence-corrected chi connectivity index (χ1v) is 9.18. The minimum Gasteiger partial charge on any atom is -0.335 e. The molecule has 0 radical (unpaired) electrons. The number of hydrogen-bond donors (Lipinski definition) is 2. The highest BCUT2D eigenvalue weighted by molar-refractivity contribution is 6.33. The Kier molecular flexibility index (Phi) is 6.12. The number of nitrogens with one attached hydrogen (secondary N) is 2. The predicted octanol–water partition coefficient (Wildman–Crippen LogP) is 4.57. The summed E-state index contributed by atoms with van der Waals surface area (Å²) < 4.78 is 13.0. The fourth-order valence-corrected chi connectivity index (χ4v) is 3.43. The Bertz CT molecular complexity index is 758. The van der Waals surface area contributed by atoms with Crippen molar-refractivity contribution in [1.82, 2.24) is 10.2 Å². The maximum atomic E-state index is 13.0. The molecule has 1 aliphatic rings. The highest BCUT2D eigenvalue weighted by Gasteiger charge is 2.21. The van der Waals surface area contributed by atoms with E-state index in [0.717, 1.165) is 43.6 Å². The maximum absolute atomic E-state index is 13.0. The van der Waals surface area contributed by atoms with E-state index in [0.29, 0.717) is 10.7 Å². The van der Waals surface area contributed by atoms with Gasteiger partial charge >= 0.3 is 6.03 Å². The quantitative estimate of drug-likeness (QED) is 0.821. The minimum absolute atomic E-state index is 0.142. The van der Waals surface area contributed by atoms with Gasteiger partial charge in [0.1, 0.15) is 5.82 Å². The van der Waals surface area contributed by atoms with Crippen molar-refractivity contribution in [2.75, 3.05) is 18.4 Å². The van der Waals surface area contributed by atoms with Gasteiger partial charge in [-0.25, -0.2) is 9.18 Å². The number of rotatable bonds is 4. The molecule has 2 amide bonds. The molecular weight excluding hydrogens is 353 g/mol. The van der Waals surface area contributed by atoms with Crippen LogP contribution in [0.1, 0.15) is 24.0 Å². The average molecular weight is 376 g/mol. The monoisotopic (exact) mass is 375 g/mol. The second kappa shape index (κ2) is 8.52. The van der Waals surface area contributed by atoms with E-state index in [4.69, 9.17) is 11.6 Å². The van der Waals surface area contributed by atoms with Crippen LogP contribution in [0.2, 0.25) is 5.02 Å². The van der Waals surface area contributed by atoms with Crippen molar-refractivity contribution in [2.45, 2.75) is 32.4 Å². The van der Waals surface area contributed by atoms with E-state index in [1.165, 1.54) is 12.1 Å². The molecule has 0 aromatic heterocycles. The third-order valence-corrected chi connectivity index (χ3v) is 4.93. The van der Waals surface area contributed by atoms with Gasteiger partial charge in [-0.05, 0) is 55.2 Å². The molecule has 0 saturated carbocycles. The van der Waals surface area contributed by atoms with Gasteiger partial charge in [-0.2, -0.15) is 0 Å². The molecule has 2 N–H and O–H groups in total. The van der Waals surface area contributed by atoms with Crippen molar-refractivity contribution < 1.29 is 9.18 Å². The summed E-state index contributed by atoms with van der Waals surface area (Å²) in [5.74, 6) is -0.212. The number of carbonyl (C=O) groups is 1. The summed E-state index contributed by atoms with van der Waals surface area (Å²) in [6.07, 6.45) is 1.77. The van der Waals surface area contributed by atoms with Crippen molar-refractivity contribution in [2.24, 2.45) is 0 Å². The van der Waals surface area contributed by atoms with Crippen LogP contribution in [0, 0.1) is 12.7 Å². The first-order valence-electron chi connectivity index (χ1n) is 8.80. The Hall–Kier alpha value is -2.11. The third kappa shape index (κ3) is 5.19. The zero-order valence-corrected chi connectivity index (χ0v) is 15.5. The molecular formula is C20H23ClFN3O. The third-order valence-electron chi connectivity index (χ3n) is 4.62. The van der Waals surface area contributed by atoms with E-state index >= 15 is 0 Å². The van der Waals surface area contributed by atoms with Gasteiger partial charge in [-0.1, -0.05) is 29.8 Å². The van der Waals surface area contributed by atoms with Crippen molar-refractivity contribution >= 4 is 23.3 Å². The molecule has 1 aliphatic heterocycles. The number of anilines is 1. The van der Waals surface area contributed by atoms with Gasteiger partial charge in [0.25, 0.3) is 0 Å². The van der Waals surface area contributed by atoms with E-state index in [9.17, 15) is 9.18 Å². The van der Waals surface area contributed by atoms with Crippen LogP contribution < -0.4 is 10.6 Å². The van der Waals surface area contributed by atoms with Crippen LogP contribution in [-0.4, -0.2) is 30.1 Å². The van der Waals surface area contributed by atoms with E-state index in [1.54, 1.807) is 0 Å². The highest BCUT2D eigenvalue weighted by atomic mass is 35.5. The summed E-state index contributed by atoms with van der Waals surface area (Å²) >= 11 is 6.15. The molecule has 0 bridgehead atoms. The first kappa shape index (κ1) is 18.7. The minimum atomic E-state index is -0.229. The molecule has 1 fully saturated rings. The lowest BCUT2D eigenvalue weighted by Gasteiger charge is -2.32. The maximum Gasteiger partial charge on any atom is 0.319 e. The van der Waals surface area contributed by atoms with Crippen LogP contribution in [0.15, 0.2) is 42.5 Å². The Labute approximate surface area is 158 Å². The van der Waals surface area contributed by atoms with Crippen LogP contribution in [0.3, 0.4) is 0 Å². The molecule has 138 valence electrons. The largest absolute Gasteiger partial charge is 0.335 e. The van der Waals surface area contributed by atoms with Crippen molar-refractivity contribution in [3.8, 4) is 0 Å². The van der Waals surface area contributed by atoms with Gasteiger partial charge in [0, 0.05) is 25.7 Å². The van der Waals surface area contributed by atoms with E-state index in [-0.39, 0.29) is 17.9 Å². The Morgan fingerprint density at radius 3 is 2.54 bits per heavy atom. The molecule has 3 rings (SSSR count). The molecule has 2 aromatic rings. The molecule has 26 heavy (non-hydrogen) atoms. The summed E-state index contributed by atoms with van der Waals surface area (Å²) in [6, 6.07) is 12.1. The number of carbonyl (C=O) groups excluding carboxylic acids is 1. The lowest BCUT2D eigenvalue weighted by atomic mass is 10.0. The van der Waals surface area contributed by atoms with Crippen LogP contribution >= 0.6 is 11.6 Å². The Balaban J connectivity index is 1.44. The Morgan fingerprint density at radius 1 is 1.19 bits per heavy atom. The lowest BCUT2D eigenvalue weighted by molar-refractivity contribution is 0.190. The number of halogens is 2. The Morgan fingerprint density at radius 2 is 1.88 bits per heavy atom. The fraction of sp³-hybridized carbons (Fsp3) is 0.350. The molecule has 2 aromatic carbocycles. The number of urea groups is 1. The number of aryl methyl sites for hydroxylation is 1. The topological polar surface area (TPSA) is 44.4 Å². The van der Waals surface area contributed by atoms with Gasteiger partial charge in [0.15, 0.2) is 0 Å². The first-order chi connectivity index (χ1) is 12.5. The van der Waals surface area contributed by atoms with Crippen LogP contribution in [0.25, 0.3) is 0 Å². The van der Waals surface area contributed by atoms with E-state index in [1.807, 2.05) is 37.3 Å². The van der Waals surface area contributed by atoms with Crippen LogP contribution in [0.5, 0.6) is 0 Å². The highest BCUT2D eigenvalue weighted by Crippen LogP contribution is 2.22. The number of piperidine rings is 1. The molecule has 1 saturated heterocycles. The molecule has 0 spiro atoms. The van der Waals surface area contributed by atoms with Crippen LogP contribution in [0.4, 0.5) is 14.9 Å². The van der Waals surface area contributed by atoms with Gasteiger partial charge < -0.3 is 10.6 Å². The lowest BCUT2D eigenvalue weighted by Crippen LogP contribution is -2.45. The number of nitrogens with zero attached hydrogens (tertiary/aromatic N) is 1. The van der Waals surface area contributed by atoms with Crippen molar-refractivity contribution in [3.05, 3.63) is 64.4 Å². The van der Waals surface area contributed by atoms with Gasteiger partial charge in [-0.3, -0.25) is 4.90 Å². The second-order valence-corrected chi connectivity index (χ2v) is 7.17. The summed E-state index contributed by atoms with van der Waals surface area (Å²) in [6.45, 7) is 4.55. The SMILES string of the molecule is Cc1ccc(NC(=O)NC2CCN(Cc3ccc(F)cc3)CC2)c(Cl)c1. The number of likely N-dealkylation sites (tertiary alicyclic amines) is 1. The average Bonchev–Trinajstić information content (AvgIpc) is 2.61. The summed E-state index contributed by atoms with van der Waals surface area (Å²) in [4.78, 5) is 14.5. The normalized spacial score (nSPS) is 15.7. The molecule has 1 heterocycles. The van der Waals surface area contributed by atoms with Crippen molar-refractivity contribution in [1.29, 1.82) is 0 Å². The van der Waals surface area contributed by atoms with Gasteiger partial charge in [-0.15, -0.1) is 0 Å². The molecule has 0 unspecified atom stereocenters. The van der Waals surface area contributed by atoms with Crippen molar-refractivity contribution in [3.63, 3.8) is 0 Å². The fourth-order valence-electron chi connectivity index (χ4n) is 3.15. The second-order valence-electron chi connectivity index (χ2n) is 6.76. The standard InChI is InChI=1S/C20H23ClFN3O/c1-14-2-7-19(18(21)12-14)24-20(26)23-17-8-10-25(11-9-17)13-15-3-5-16(22)6-4-15/h2-7,12,17H,8-11,13H2,1H3,(H2,23,24,26). The summed E-state index contributed by atoms with van der Waals surface area (Å²) in [5.41, 5.74) is 2.77. The number of benzene rings is 2. The van der Waals surface area contributed by atoms with E-state index in [2.05, 4.69) is 15.5 Å². The zero-order valence-electron chi connectivity index (χ0n) is 14.8. The van der Waals surface area contributed by atoms with Gasteiger partial charge in [0.05, 0.1) is 10.7 Å². The number of amides is 2. The molecule has 4 nitrogen and oxygen atoms in total. The predicted molar refractivity (Wildman–Crippen MR) is 103 cm³/mol. The van der Waals surface area contributed by atoms with Gasteiger partial charge in [0.2, 0.25) is 0 Å². The van der Waals surface area contributed by atoms with E-state index < -0.39 is 0 Å². The molecule has 0 atom stereocenters. The summed E-state index contributed by atoms with van der Waals surface area (Å²) in [5, 5.41) is 6.36. The number of hydrogen-bond acceptors (Lipinski definition) is 2. The molecule has 6 heteroatoms. The smallest absolute Gasteiger partial charge is 0.319 e. The zero-order chi connectivity index (χ0) is 18.5. The summed E-state index contributed by atoms with van der Waals surface area (Å²) in [7, 11) is 0. The van der Waals surface area contributed by atoms with Crippen LogP contribution in [-0.2, 0) is 6.54 Å². The molecule has 0 aliphatic carbocycles.